The summed E-state index contributed by atoms with van der Waals surface area (Å²) in [6.07, 6.45) is 0. The first-order chi connectivity index (χ1) is 13.5. The van der Waals surface area contributed by atoms with Gasteiger partial charge in [0.25, 0.3) is 0 Å². The highest BCUT2D eigenvalue weighted by atomic mass is 35.5. The number of aromatic hydroxyl groups is 1. The third kappa shape index (κ3) is 4.10. The van der Waals surface area contributed by atoms with Gasteiger partial charge in [-0.3, -0.25) is 0 Å². The molecule has 4 rings (SSSR count). The van der Waals surface area contributed by atoms with Crippen LogP contribution in [0, 0.1) is 0 Å². The Bertz CT molecular complexity index is 1150. The number of phenols is 1. The summed E-state index contributed by atoms with van der Waals surface area (Å²) in [6, 6.07) is 25.5. The lowest BCUT2D eigenvalue weighted by atomic mass is 9.95. The van der Waals surface area contributed by atoms with Crippen LogP contribution < -0.4 is 17.3 Å². The summed E-state index contributed by atoms with van der Waals surface area (Å²) in [7, 11) is 4.04. The lowest BCUT2D eigenvalue weighted by Gasteiger charge is -2.14. The van der Waals surface area contributed by atoms with Crippen LogP contribution in [0.25, 0.3) is 27.9 Å². The molecule has 0 fully saturated rings. The molecule has 4 aromatic rings. The summed E-state index contributed by atoms with van der Waals surface area (Å²) in [6.45, 7) is 4.36. The first-order valence-electron chi connectivity index (χ1n) is 9.15. The highest BCUT2D eigenvalue weighted by Gasteiger charge is 2.21. The van der Waals surface area contributed by atoms with Crippen molar-refractivity contribution in [2.24, 2.45) is 0 Å². The fourth-order valence-corrected chi connectivity index (χ4v) is 3.29. The molecule has 0 bridgehead atoms. The van der Waals surface area contributed by atoms with E-state index < -0.39 is 0 Å². The Morgan fingerprint density at radius 2 is 1.59 bits per heavy atom. The molecule has 0 aliphatic carbocycles. The minimum Gasteiger partial charge on any atom is -1.00 e. The van der Waals surface area contributed by atoms with Gasteiger partial charge < -0.3 is 22.4 Å². The predicted molar refractivity (Wildman–Crippen MR) is 117 cm³/mol. The maximum Gasteiger partial charge on any atom is 0.365 e. The van der Waals surface area contributed by atoms with Gasteiger partial charge in [-0.1, -0.05) is 36.9 Å². The molecular formula is C25H22ClNO2. The molecule has 0 saturated carbocycles. The number of rotatable bonds is 4. The van der Waals surface area contributed by atoms with Gasteiger partial charge in [0, 0.05) is 25.3 Å². The third-order valence-corrected chi connectivity index (χ3v) is 4.87. The topological polar surface area (TPSA) is 34.8 Å². The Kier molecular flexibility index (Phi) is 5.90. The first kappa shape index (κ1) is 20.4. The van der Waals surface area contributed by atoms with E-state index >= 15 is 0 Å². The molecule has 1 N–H and O–H groups in total. The van der Waals surface area contributed by atoms with Gasteiger partial charge in [0.05, 0.1) is 23.1 Å². The molecule has 0 aliphatic rings. The van der Waals surface area contributed by atoms with Crippen molar-refractivity contribution < 1.29 is 21.9 Å². The van der Waals surface area contributed by atoms with E-state index in [9.17, 15) is 5.11 Å². The van der Waals surface area contributed by atoms with Crippen molar-refractivity contribution in [3.63, 3.8) is 0 Å². The SMILES string of the molecule is C=C(c1ccc(N(C)C)cc1)c1cc(-c2ccccc2)[o+]c2cc(O)ccc12.[Cl-]. The number of phenolic OH excluding ortho intramolecular Hbond substituents is 1. The van der Waals surface area contributed by atoms with E-state index in [0.29, 0.717) is 5.58 Å². The fraction of sp³-hybridized carbons (Fsp3) is 0.0800. The largest absolute Gasteiger partial charge is 1.00 e. The highest BCUT2D eigenvalue weighted by Crippen LogP contribution is 2.35. The van der Waals surface area contributed by atoms with Gasteiger partial charge in [0.1, 0.15) is 5.75 Å². The lowest BCUT2D eigenvalue weighted by Crippen LogP contribution is -3.00. The molecule has 0 spiro atoms. The molecule has 0 amide bonds. The summed E-state index contributed by atoms with van der Waals surface area (Å²) in [4.78, 5) is 2.07. The Morgan fingerprint density at radius 3 is 2.24 bits per heavy atom. The summed E-state index contributed by atoms with van der Waals surface area (Å²) in [5.74, 6) is 0.910. The van der Waals surface area contributed by atoms with Crippen LogP contribution in [0.1, 0.15) is 11.1 Å². The van der Waals surface area contributed by atoms with Gasteiger partial charge in [-0.2, -0.15) is 0 Å². The first-order valence-corrected chi connectivity index (χ1v) is 9.15. The van der Waals surface area contributed by atoms with Gasteiger partial charge in [-0.05, 0) is 47.5 Å². The van der Waals surface area contributed by atoms with E-state index in [0.717, 1.165) is 39.1 Å². The zero-order valence-electron chi connectivity index (χ0n) is 16.4. The molecule has 0 saturated heterocycles. The third-order valence-electron chi connectivity index (χ3n) is 4.87. The van der Waals surface area contributed by atoms with E-state index in [2.05, 4.69) is 35.7 Å². The zero-order chi connectivity index (χ0) is 19.7. The smallest absolute Gasteiger partial charge is 0.365 e. The average molecular weight is 404 g/mol. The molecule has 3 nitrogen and oxygen atoms in total. The zero-order valence-corrected chi connectivity index (χ0v) is 17.1. The molecule has 3 aromatic carbocycles. The van der Waals surface area contributed by atoms with E-state index in [1.807, 2.05) is 56.6 Å². The minimum absolute atomic E-state index is 0. The molecule has 146 valence electrons. The second kappa shape index (κ2) is 8.38. The minimum atomic E-state index is 0. The van der Waals surface area contributed by atoms with Gasteiger partial charge in [-0.25, -0.2) is 4.42 Å². The quantitative estimate of drug-likeness (QED) is 0.531. The number of anilines is 1. The monoisotopic (exact) mass is 403 g/mol. The second-order valence-electron chi connectivity index (χ2n) is 6.99. The van der Waals surface area contributed by atoms with Crippen LogP contribution in [-0.4, -0.2) is 19.2 Å². The number of hydrogen-bond acceptors (Lipinski definition) is 2. The summed E-state index contributed by atoms with van der Waals surface area (Å²) < 4.78 is 6.10. The van der Waals surface area contributed by atoms with Gasteiger partial charge >= 0.3 is 11.3 Å². The number of nitrogens with zero attached hydrogens (tertiary/aromatic N) is 1. The molecule has 0 unspecified atom stereocenters. The highest BCUT2D eigenvalue weighted by molar-refractivity contribution is 5.96. The summed E-state index contributed by atoms with van der Waals surface area (Å²) >= 11 is 0. The molecular weight excluding hydrogens is 382 g/mol. The molecule has 29 heavy (non-hydrogen) atoms. The Hall–Kier alpha value is -3.30. The van der Waals surface area contributed by atoms with E-state index in [-0.39, 0.29) is 18.2 Å². The Labute approximate surface area is 177 Å². The molecule has 1 heterocycles. The molecule has 0 atom stereocenters. The Morgan fingerprint density at radius 1 is 0.897 bits per heavy atom. The number of hydrogen-bond donors (Lipinski definition) is 1. The number of fused-ring (bicyclic) bond motifs is 1. The molecule has 0 aliphatic heterocycles. The molecule has 0 radical (unpaired) electrons. The van der Waals surface area contributed by atoms with Crippen LogP contribution in [0.2, 0.25) is 0 Å². The average Bonchev–Trinajstić information content (AvgIpc) is 2.73. The van der Waals surface area contributed by atoms with Crippen LogP contribution in [-0.2, 0) is 0 Å². The normalized spacial score (nSPS) is 10.4. The maximum atomic E-state index is 9.93. The van der Waals surface area contributed by atoms with Crippen molar-refractivity contribution in [3.8, 4) is 17.1 Å². The van der Waals surface area contributed by atoms with E-state index in [1.54, 1.807) is 12.1 Å². The van der Waals surface area contributed by atoms with E-state index in [4.69, 9.17) is 4.42 Å². The van der Waals surface area contributed by atoms with Crippen molar-refractivity contribution in [2.75, 3.05) is 19.0 Å². The second-order valence-corrected chi connectivity index (χ2v) is 6.99. The lowest BCUT2D eigenvalue weighted by molar-refractivity contribution is -0.00000709. The van der Waals surface area contributed by atoms with Crippen LogP contribution in [0.15, 0.2) is 89.9 Å². The van der Waals surface area contributed by atoms with Crippen molar-refractivity contribution in [3.05, 3.63) is 96.6 Å². The number of halogens is 1. The number of benzene rings is 3. The van der Waals surface area contributed by atoms with E-state index in [1.165, 1.54) is 0 Å². The summed E-state index contributed by atoms with van der Waals surface area (Å²) in [5, 5.41) is 10.8. The summed E-state index contributed by atoms with van der Waals surface area (Å²) in [5.41, 5.74) is 5.68. The molecule has 4 heteroatoms. The van der Waals surface area contributed by atoms with Crippen molar-refractivity contribution in [1.29, 1.82) is 0 Å². The maximum absolute atomic E-state index is 9.93. The van der Waals surface area contributed by atoms with Crippen LogP contribution in [0.4, 0.5) is 5.69 Å². The van der Waals surface area contributed by atoms with Gasteiger partial charge in [-0.15, -0.1) is 0 Å². The standard InChI is InChI=1S/C25H21NO2.ClH/c1-17(18-9-11-20(12-10-18)26(2)3)23-16-24(19-7-5-4-6-8-19)28-25-15-21(27)13-14-22(23)25;/h4-16H,1H2,2-3H3;1H. The van der Waals surface area contributed by atoms with Gasteiger partial charge in [0.15, 0.2) is 0 Å². The van der Waals surface area contributed by atoms with Gasteiger partial charge in [0.2, 0.25) is 0 Å². The van der Waals surface area contributed by atoms with Crippen LogP contribution in [0.5, 0.6) is 5.75 Å². The predicted octanol–water partition coefficient (Wildman–Crippen LogP) is 3.22. The van der Waals surface area contributed by atoms with Crippen LogP contribution in [0.3, 0.4) is 0 Å². The van der Waals surface area contributed by atoms with Crippen molar-refractivity contribution in [2.45, 2.75) is 0 Å². The molecule has 1 aromatic heterocycles. The van der Waals surface area contributed by atoms with Crippen molar-refractivity contribution >= 4 is 22.2 Å². The van der Waals surface area contributed by atoms with Crippen molar-refractivity contribution in [1.82, 2.24) is 0 Å². The van der Waals surface area contributed by atoms with Crippen LogP contribution >= 0.6 is 0 Å². The Balaban J connectivity index is 0.00000240. The fourth-order valence-electron chi connectivity index (χ4n) is 3.29.